The summed E-state index contributed by atoms with van der Waals surface area (Å²) in [6, 6.07) is 8.59. The van der Waals surface area contributed by atoms with Gasteiger partial charge in [0, 0.05) is 31.7 Å². The zero-order valence-electron chi connectivity index (χ0n) is 15.0. The Bertz CT molecular complexity index is 501. The second-order valence-corrected chi connectivity index (χ2v) is 6.76. The molecule has 132 valence electrons. The third kappa shape index (κ3) is 10.3. The van der Waals surface area contributed by atoms with Crippen molar-refractivity contribution in [3.63, 3.8) is 0 Å². The van der Waals surface area contributed by atoms with Crippen molar-refractivity contribution < 1.29 is 0 Å². The number of nitrogens with zero attached hydrogens (tertiary/aromatic N) is 1. The number of alkyl halides is 1. The smallest absolute Gasteiger partial charge is 0.0361 e. The molecule has 0 aliphatic rings. The summed E-state index contributed by atoms with van der Waals surface area (Å²) < 4.78 is 0. The summed E-state index contributed by atoms with van der Waals surface area (Å²) >= 11 is 3.46. The van der Waals surface area contributed by atoms with Crippen LogP contribution < -0.4 is 10.2 Å². The van der Waals surface area contributed by atoms with Gasteiger partial charge in [-0.25, -0.2) is 0 Å². The second kappa shape index (κ2) is 13.9. The molecular weight excluding hydrogens is 360 g/mol. The van der Waals surface area contributed by atoms with Crippen LogP contribution in [-0.2, 0) is 0 Å². The molecule has 3 heteroatoms. The summed E-state index contributed by atoms with van der Waals surface area (Å²) in [6.07, 6.45) is 18.8. The lowest BCUT2D eigenvalue weighted by molar-refractivity contribution is 0.649. The molecule has 0 heterocycles. The SMILES string of the molecule is CN(C)c1ccc(/C=C/C/C=C\C=C/NCCCCCCBr)cc1. The summed E-state index contributed by atoms with van der Waals surface area (Å²) in [5, 5.41) is 4.45. The van der Waals surface area contributed by atoms with Gasteiger partial charge in [-0.1, -0.05) is 65.2 Å². The van der Waals surface area contributed by atoms with Gasteiger partial charge in [-0.3, -0.25) is 0 Å². The van der Waals surface area contributed by atoms with Crippen molar-refractivity contribution >= 4 is 27.7 Å². The van der Waals surface area contributed by atoms with Crippen molar-refractivity contribution in [2.45, 2.75) is 32.1 Å². The molecule has 1 aromatic carbocycles. The highest BCUT2D eigenvalue weighted by molar-refractivity contribution is 9.09. The maximum Gasteiger partial charge on any atom is 0.0361 e. The zero-order valence-corrected chi connectivity index (χ0v) is 16.6. The predicted molar refractivity (Wildman–Crippen MR) is 113 cm³/mol. The van der Waals surface area contributed by atoms with Crippen LogP contribution in [0.2, 0.25) is 0 Å². The first-order chi connectivity index (χ1) is 11.7. The molecular formula is C21H31BrN2. The Hall–Kier alpha value is -1.48. The molecule has 1 aromatic rings. The fraction of sp³-hybridized carbons (Fsp3) is 0.429. The van der Waals surface area contributed by atoms with Crippen LogP contribution >= 0.6 is 15.9 Å². The van der Waals surface area contributed by atoms with Crippen molar-refractivity contribution in [3.05, 3.63) is 60.3 Å². The van der Waals surface area contributed by atoms with Gasteiger partial charge in [0.2, 0.25) is 0 Å². The first-order valence-electron chi connectivity index (χ1n) is 8.79. The minimum absolute atomic E-state index is 0.951. The quantitative estimate of drug-likeness (QED) is 0.276. The van der Waals surface area contributed by atoms with Crippen LogP contribution in [0.1, 0.15) is 37.7 Å². The van der Waals surface area contributed by atoms with Crippen LogP contribution in [0.3, 0.4) is 0 Å². The maximum atomic E-state index is 3.46. The Morgan fingerprint density at radius 2 is 1.71 bits per heavy atom. The Labute approximate surface area is 156 Å². The highest BCUT2D eigenvalue weighted by atomic mass is 79.9. The number of nitrogens with one attached hydrogen (secondary N) is 1. The topological polar surface area (TPSA) is 15.3 Å². The molecule has 0 aliphatic carbocycles. The van der Waals surface area contributed by atoms with E-state index in [1.54, 1.807) is 0 Å². The van der Waals surface area contributed by atoms with E-state index in [1.807, 2.05) is 6.20 Å². The van der Waals surface area contributed by atoms with Crippen LogP contribution in [0.25, 0.3) is 6.08 Å². The van der Waals surface area contributed by atoms with Crippen molar-refractivity contribution in [3.8, 4) is 0 Å². The predicted octanol–water partition coefficient (Wildman–Crippen LogP) is 5.77. The molecule has 0 fully saturated rings. The number of unbranched alkanes of at least 4 members (excludes halogenated alkanes) is 3. The molecule has 0 saturated heterocycles. The fourth-order valence-corrected chi connectivity index (χ4v) is 2.60. The van der Waals surface area contributed by atoms with E-state index in [-0.39, 0.29) is 0 Å². The number of rotatable bonds is 12. The minimum Gasteiger partial charge on any atom is -0.391 e. The maximum absolute atomic E-state index is 3.46. The van der Waals surface area contributed by atoms with Crippen molar-refractivity contribution in [2.75, 3.05) is 30.9 Å². The van der Waals surface area contributed by atoms with E-state index in [2.05, 4.69) is 94.9 Å². The van der Waals surface area contributed by atoms with Crippen molar-refractivity contribution in [1.82, 2.24) is 5.32 Å². The van der Waals surface area contributed by atoms with Crippen LogP contribution in [0.5, 0.6) is 0 Å². The average molecular weight is 391 g/mol. The molecule has 0 radical (unpaired) electrons. The molecule has 0 saturated carbocycles. The second-order valence-electron chi connectivity index (χ2n) is 5.97. The lowest BCUT2D eigenvalue weighted by Gasteiger charge is -2.11. The number of hydrogen-bond donors (Lipinski definition) is 1. The third-order valence-electron chi connectivity index (χ3n) is 3.66. The molecule has 0 aromatic heterocycles. The Morgan fingerprint density at radius 3 is 2.42 bits per heavy atom. The highest BCUT2D eigenvalue weighted by Crippen LogP contribution is 2.13. The molecule has 1 N–H and O–H groups in total. The summed E-state index contributed by atoms with van der Waals surface area (Å²) in [7, 11) is 4.12. The number of allylic oxidation sites excluding steroid dienone is 4. The van der Waals surface area contributed by atoms with Crippen molar-refractivity contribution in [2.24, 2.45) is 0 Å². The lowest BCUT2D eigenvalue weighted by Crippen LogP contribution is -2.07. The van der Waals surface area contributed by atoms with Crippen molar-refractivity contribution in [1.29, 1.82) is 0 Å². The van der Waals surface area contributed by atoms with Gasteiger partial charge in [0.15, 0.2) is 0 Å². The monoisotopic (exact) mass is 390 g/mol. The van der Waals surface area contributed by atoms with E-state index in [4.69, 9.17) is 0 Å². The van der Waals surface area contributed by atoms with Gasteiger partial charge in [-0.05, 0) is 49.2 Å². The molecule has 0 atom stereocenters. The van der Waals surface area contributed by atoms with Gasteiger partial charge >= 0.3 is 0 Å². The molecule has 0 amide bonds. The van der Waals surface area contributed by atoms with Crippen LogP contribution in [0.15, 0.2) is 54.8 Å². The van der Waals surface area contributed by atoms with E-state index in [0.29, 0.717) is 0 Å². The molecule has 0 bridgehead atoms. The summed E-state index contributed by atoms with van der Waals surface area (Å²) in [4.78, 5) is 2.11. The first-order valence-corrected chi connectivity index (χ1v) is 9.91. The fourth-order valence-electron chi connectivity index (χ4n) is 2.21. The third-order valence-corrected chi connectivity index (χ3v) is 4.22. The number of anilines is 1. The van der Waals surface area contributed by atoms with Gasteiger partial charge in [0.1, 0.15) is 0 Å². The van der Waals surface area contributed by atoms with E-state index in [9.17, 15) is 0 Å². The van der Waals surface area contributed by atoms with Crippen LogP contribution in [0, 0.1) is 0 Å². The summed E-state index contributed by atoms with van der Waals surface area (Å²) in [5.74, 6) is 0. The molecule has 1 rings (SSSR count). The molecule has 0 aliphatic heterocycles. The number of benzene rings is 1. The first kappa shape index (κ1) is 20.6. The lowest BCUT2D eigenvalue weighted by atomic mass is 10.1. The average Bonchev–Trinajstić information content (AvgIpc) is 2.59. The number of hydrogen-bond acceptors (Lipinski definition) is 2. The van der Waals surface area contributed by atoms with E-state index >= 15 is 0 Å². The Kier molecular flexibility index (Phi) is 11.9. The van der Waals surface area contributed by atoms with Gasteiger partial charge in [-0.2, -0.15) is 0 Å². The van der Waals surface area contributed by atoms with E-state index < -0.39 is 0 Å². The zero-order chi connectivity index (χ0) is 17.5. The minimum atomic E-state index is 0.951. The Balaban J connectivity index is 2.11. The van der Waals surface area contributed by atoms with Gasteiger partial charge in [0.25, 0.3) is 0 Å². The summed E-state index contributed by atoms with van der Waals surface area (Å²) in [6.45, 7) is 1.06. The molecule has 2 nitrogen and oxygen atoms in total. The largest absolute Gasteiger partial charge is 0.391 e. The number of halogens is 1. The standard InChI is InChI=1S/C21H31BrN2/c1-24(2)21-15-13-20(14-16-21)12-8-4-3-6-10-18-23-19-11-7-5-9-17-22/h3,6,8,10,12-16,18,23H,4-5,7,9,11,17,19H2,1-2H3/b6-3-,12-8+,18-10-. The van der Waals surface area contributed by atoms with E-state index in [1.165, 1.54) is 36.9 Å². The molecule has 0 spiro atoms. The molecule has 0 unspecified atom stereocenters. The highest BCUT2D eigenvalue weighted by Gasteiger charge is 1.92. The normalized spacial score (nSPS) is 11.8. The van der Waals surface area contributed by atoms with Gasteiger partial charge in [0.05, 0.1) is 0 Å². The van der Waals surface area contributed by atoms with Gasteiger partial charge in [-0.15, -0.1) is 0 Å². The van der Waals surface area contributed by atoms with Gasteiger partial charge < -0.3 is 10.2 Å². The molecule has 24 heavy (non-hydrogen) atoms. The van der Waals surface area contributed by atoms with Crippen LogP contribution in [0.4, 0.5) is 5.69 Å². The van der Waals surface area contributed by atoms with E-state index in [0.717, 1.165) is 18.3 Å². The van der Waals surface area contributed by atoms with Crippen LogP contribution in [-0.4, -0.2) is 26.0 Å². The Morgan fingerprint density at radius 1 is 0.958 bits per heavy atom. The summed E-state index contributed by atoms with van der Waals surface area (Å²) in [5.41, 5.74) is 2.47.